The SMILES string of the molecule is O=C1c2ccccc2C2(c3cccc(Cl)c3)SCCCN12. The number of carbonyl (C=O) groups is 1. The van der Waals surface area contributed by atoms with Crippen molar-refractivity contribution in [3.05, 3.63) is 70.2 Å². The second kappa shape index (κ2) is 4.79. The maximum atomic E-state index is 12.8. The van der Waals surface area contributed by atoms with E-state index in [1.807, 2.05) is 53.1 Å². The maximum Gasteiger partial charge on any atom is 0.255 e. The van der Waals surface area contributed by atoms with Crippen LogP contribution in [0.25, 0.3) is 0 Å². The van der Waals surface area contributed by atoms with Crippen molar-refractivity contribution in [3.63, 3.8) is 0 Å². The monoisotopic (exact) mass is 315 g/mol. The highest BCUT2D eigenvalue weighted by molar-refractivity contribution is 8.00. The Morgan fingerprint density at radius 2 is 2.00 bits per heavy atom. The first-order chi connectivity index (χ1) is 10.2. The molecule has 4 rings (SSSR count). The van der Waals surface area contributed by atoms with E-state index in [0.717, 1.165) is 35.4 Å². The van der Waals surface area contributed by atoms with Gasteiger partial charge in [-0.1, -0.05) is 41.9 Å². The van der Waals surface area contributed by atoms with Gasteiger partial charge in [-0.2, -0.15) is 0 Å². The maximum absolute atomic E-state index is 12.8. The van der Waals surface area contributed by atoms with Gasteiger partial charge in [0.2, 0.25) is 0 Å². The highest BCUT2D eigenvalue weighted by Gasteiger charge is 2.52. The molecule has 0 spiro atoms. The molecule has 2 aromatic rings. The average Bonchev–Trinajstić information content (AvgIpc) is 2.79. The number of nitrogens with zero attached hydrogens (tertiary/aromatic N) is 1. The van der Waals surface area contributed by atoms with Gasteiger partial charge in [0.15, 0.2) is 0 Å². The minimum atomic E-state index is -0.406. The summed E-state index contributed by atoms with van der Waals surface area (Å²) in [6.45, 7) is 0.799. The Bertz CT molecular complexity index is 732. The summed E-state index contributed by atoms with van der Waals surface area (Å²) in [5.74, 6) is 1.18. The molecular weight excluding hydrogens is 302 g/mol. The molecule has 2 nitrogen and oxygen atoms in total. The zero-order valence-electron chi connectivity index (χ0n) is 11.4. The van der Waals surface area contributed by atoms with E-state index in [-0.39, 0.29) is 5.91 Å². The topological polar surface area (TPSA) is 20.3 Å². The van der Waals surface area contributed by atoms with Crippen molar-refractivity contribution in [2.24, 2.45) is 0 Å². The summed E-state index contributed by atoms with van der Waals surface area (Å²) in [6.07, 6.45) is 1.03. The number of hydrogen-bond acceptors (Lipinski definition) is 2. The van der Waals surface area contributed by atoms with Crippen molar-refractivity contribution in [2.75, 3.05) is 12.3 Å². The summed E-state index contributed by atoms with van der Waals surface area (Å²) in [5.41, 5.74) is 3.02. The molecule has 0 bridgehead atoms. The van der Waals surface area contributed by atoms with Crippen molar-refractivity contribution in [1.29, 1.82) is 0 Å². The molecule has 1 unspecified atom stereocenters. The lowest BCUT2D eigenvalue weighted by Crippen LogP contribution is -2.46. The Balaban J connectivity index is 2.00. The Kier molecular flexibility index (Phi) is 3.02. The second-order valence-corrected chi connectivity index (χ2v) is 7.08. The Hall–Kier alpha value is -1.45. The Labute approximate surface area is 133 Å². The van der Waals surface area contributed by atoms with E-state index in [1.54, 1.807) is 0 Å². The minimum Gasteiger partial charge on any atom is -0.316 e. The summed E-state index contributed by atoms with van der Waals surface area (Å²) in [7, 11) is 0. The van der Waals surface area contributed by atoms with Crippen LogP contribution in [0.5, 0.6) is 0 Å². The molecule has 2 heterocycles. The fourth-order valence-electron chi connectivity index (χ4n) is 3.35. The van der Waals surface area contributed by atoms with E-state index in [4.69, 9.17) is 11.6 Å². The van der Waals surface area contributed by atoms with Gasteiger partial charge in [-0.25, -0.2) is 0 Å². The van der Waals surface area contributed by atoms with Gasteiger partial charge in [0.05, 0.1) is 0 Å². The number of fused-ring (bicyclic) bond motifs is 3. The molecule has 0 N–H and O–H groups in total. The third-order valence-corrected chi connectivity index (χ3v) is 6.02. The Morgan fingerprint density at radius 1 is 1.14 bits per heavy atom. The van der Waals surface area contributed by atoms with Crippen molar-refractivity contribution in [3.8, 4) is 0 Å². The fourth-order valence-corrected chi connectivity index (χ4v) is 5.07. The largest absolute Gasteiger partial charge is 0.316 e. The van der Waals surface area contributed by atoms with Crippen molar-refractivity contribution in [1.82, 2.24) is 4.90 Å². The number of halogens is 1. The molecule has 0 radical (unpaired) electrons. The zero-order valence-corrected chi connectivity index (χ0v) is 13.0. The normalized spacial score (nSPS) is 23.9. The molecule has 0 aromatic heterocycles. The van der Waals surface area contributed by atoms with Gasteiger partial charge in [-0.15, -0.1) is 11.8 Å². The predicted octanol–water partition coefficient (Wildman–Crippen LogP) is 4.13. The number of benzene rings is 2. The molecule has 1 fully saturated rings. The van der Waals surface area contributed by atoms with Crippen molar-refractivity contribution < 1.29 is 4.79 Å². The smallest absolute Gasteiger partial charge is 0.255 e. The van der Waals surface area contributed by atoms with Crippen molar-refractivity contribution >= 4 is 29.3 Å². The fraction of sp³-hybridized carbons (Fsp3) is 0.235. The standard InChI is InChI=1S/C17H14ClNOS/c18-13-6-3-5-12(11-13)17-15-8-2-1-7-14(15)16(20)19(17)9-4-10-21-17/h1-3,5-8,11H,4,9-10H2. The number of thioether (sulfide) groups is 1. The first-order valence-electron chi connectivity index (χ1n) is 7.05. The van der Waals surface area contributed by atoms with E-state index in [9.17, 15) is 4.79 Å². The van der Waals surface area contributed by atoms with Crippen LogP contribution in [0.2, 0.25) is 5.02 Å². The van der Waals surface area contributed by atoms with Crippen LogP contribution >= 0.6 is 23.4 Å². The van der Waals surface area contributed by atoms with Gasteiger partial charge in [0.1, 0.15) is 4.87 Å². The summed E-state index contributed by atoms with van der Waals surface area (Å²) in [5, 5.41) is 0.713. The van der Waals surface area contributed by atoms with Crippen LogP contribution in [0.1, 0.15) is 27.9 Å². The molecule has 106 valence electrons. The highest BCUT2D eigenvalue weighted by atomic mass is 35.5. The number of rotatable bonds is 1. The molecule has 1 amide bonds. The van der Waals surface area contributed by atoms with E-state index >= 15 is 0 Å². The van der Waals surface area contributed by atoms with Gasteiger partial charge < -0.3 is 4.90 Å². The highest BCUT2D eigenvalue weighted by Crippen LogP contribution is 2.54. The molecule has 4 heteroatoms. The summed E-state index contributed by atoms with van der Waals surface area (Å²) < 4.78 is 0. The summed E-state index contributed by atoms with van der Waals surface area (Å²) in [6, 6.07) is 15.9. The number of carbonyl (C=O) groups excluding carboxylic acids is 1. The molecule has 2 aliphatic rings. The molecule has 2 aliphatic heterocycles. The van der Waals surface area contributed by atoms with E-state index in [1.165, 1.54) is 0 Å². The van der Waals surface area contributed by atoms with Crippen LogP contribution in [-0.4, -0.2) is 23.1 Å². The van der Waals surface area contributed by atoms with Gasteiger partial charge >= 0.3 is 0 Å². The van der Waals surface area contributed by atoms with E-state index < -0.39 is 4.87 Å². The van der Waals surface area contributed by atoms with Gasteiger partial charge in [-0.05, 0) is 35.9 Å². The third kappa shape index (κ3) is 1.77. The van der Waals surface area contributed by atoms with Crippen LogP contribution in [0.15, 0.2) is 48.5 Å². The molecule has 1 atom stereocenters. The van der Waals surface area contributed by atoms with E-state index in [0.29, 0.717) is 5.02 Å². The van der Waals surface area contributed by atoms with Crippen LogP contribution in [0.3, 0.4) is 0 Å². The summed E-state index contributed by atoms with van der Waals surface area (Å²) >= 11 is 8.04. The zero-order chi connectivity index (χ0) is 14.4. The van der Waals surface area contributed by atoms with Crippen molar-refractivity contribution in [2.45, 2.75) is 11.3 Å². The Morgan fingerprint density at radius 3 is 2.86 bits per heavy atom. The molecule has 0 saturated carbocycles. The van der Waals surface area contributed by atoms with E-state index in [2.05, 4.69) is 12.1 Å². The van der Waals surface area contributed by atoms with Gasteiger partial charge in [0.25, 0.3) is 5.91 Å². The lowest BCUT2D eigenvalue weighted by molar-refractivity contribution is 0.0716. The molecular formula is C17H14ClNOS. The number of amides is 1. The first-order valence-corrected chi connectivity index (χ1v) is 8.41. The lowest BCUT2D eigenvalue weighted by atomic mass is 9.97. The second-order valence-electron chi connectivity index (χ2n) is 5.36. The van der Waals surface area contributed by atoms with Crippen LogP contribution in [-0.2, 0) is 4.87 Å². The quantitative estimate of drug-likeness (QED) is 0.788. The predicted molar refractivity (Wildman–Crippen MR) is 86.8 cm³/mol. The molecule has 1 saturated heterocycles. The van der Waals surface area contributed by atoms with Gasteiger partial charge in [0, 0.05) is 22.7 Å². The minimum absolute atomic E-state index is 0.137. The molecule has 0 aliphatic carbocycles. The number of hydrogen-bond donors (Lipinski definition) is 0. The lowest BCUT2D eigenvalue weighted by Gasteiger charge is -2.42. The van der Waals surface area contributed by atoms with Crippen LogP contribution < -0.4 is 0 Å². The summed E-state index contributed by atoms with van der Waals surface area (Å²) in [4.78, 5) is 14.4. The van der Waals surface area contributed by atoms with Gasteiger partial charge in [-0.3, -0.25) is 4.79 Å². The van der Waals surface area contributed by atoms with Crippen LogP contribution in [0, 0.1) is 0 Å². The average molecular weight is 316 g/mol. The third-order valence-electron chi connectivity index (χ3n) is 4.20. The molecule has 21 heavy (non-hydrogen) atoms. The first kappa shape index (κ1) is 13.2. The molecule has 2 aromatic carbocycles. The van der Waals surface area contributed by atoms with Crippen LogP contribution in [0.4, 0.5) is 0 Å².